The highest BCUT2D eigenvalue weighted by Gasteiger charge is 2.19. The van der Waals surface area contributed by atoms with Crippen molar-refractivity contribution in [3.05, 3.63) is 65.7 Å². The van der Waals surface area contributed by atoms with Crippen molar-refractivity contribution in [3.8, 4) is 0 Å². The molecule has 0 spiro atoms. The van der Waals surface area contributed by atoms with Crippen molar-refractivity contribution in [2.24, 2.45) is 10.7 Å². The van der Waals surface area contributed by atoms with Crippen LogP contribution in [0.2, 0.25) is 0 Å². The molecule has 5 nitrogen and oxygen atoms in total. The summed E-state index contributed by atoms with van der Waals surface area (Å²) in [7, 11) is 0. The van der Waals surface area contributed by atoms with Crippen LogP contribution in [0.15, 0.2) is 59.6 Å². The van der Waals surface area contributed by atoms with Crippen LogP contribution >= 0.6 is 0 Å². The third kappa shape index (κ3) is 7.47. The summed E-state index contributed by atoms with van der Waals surface area (Å²) >= 11 is 0. The lowest BCUT2D eigenvalue weighted by Crippen LogP contribution is -2.36. The van der Waals surface area contributed by atoms with E-state index < -0.39 is 0 Å². The minimum Gasteiger partial charge on any atom is -0.378 e. The Kier molecular flexibility index (Phi) is 8.72. The Morgan fingerprint density at radius 3 is 2.63 bits per heavy atom. The van der Waals surface area contributed by atoms with E-state index in [0.717, 1.165) is 51.2 Å². The molecule has 30 heavy (non-hydrogen) atoms. The van der Waals surface area contributed by atoms with Crippen molar-refractivity contribution in [1.82, 2.24) is 4.90 Å². The van der Waals surface area contributed by atoms with Gasteiger partial charge in [-0.25, -0.2) is 0 Å². The van der Waals surface area contributed by atoms with Crippen molar-refractivity contribution in [2.45, 2.75) is 51.7 Å². The monoisotopic (exact) mass is 408 g/mol. The summed E-state index contributed by atoms with van der Waals surface area (Å²) in [4.78, 5) is 6.94. The van der Waals surface area contributed by atoms with Crippen LogP contribution in [-0.2, 0) is 11.3 Å². The van der Waals surface area contributed by atoms with Gasteiger partial charge in [-0.3, -0.25) is 9.89 Å². The summed E-state index contributed by atoms with van der Waals surface area (Å²) < 4.78 is 6.07. The van der Waals surface area contributed by atoms with Gasteiger partial charge in [-0.15, -0.1) is 0 Å². The number of piperidine rings is 1. The molecule has 1 saturated heterocycles. The Hall–Kier alpha value is -2.37. The van der Waals surface area contributed by atoms with E-state index in [-0.39, 0.29) is 0 Å². The molecule has 0 radical (unpaired) electrons. The van der Waals surface area contributed by atoms with Crippen LogP contribution in [0.25, 0.3) is 0 Å². The number of benzene rings is 2. The first-order valence-electron chi connectivity index (χ1n) is 11.1. The average Bonchev–Trinajstić information content (AvgIpc) is 2.75. The van der Waals surface area contributed by atoms with Gasteiger partial charge in [-0.05, 0) is 48.4 Å². The maximum atomic E-state index is 6.07. The molecule has 0 saturated carbocycles. The SMILES string of the molecule is CC(C)c1cccc(NC(N)=NCCCOC2CCN(Cc3ccccc3)CC2)c1. The summed E-state index contributed by atoms with van der Waals surface area (Å²) in [6.45, 7) is 9.02. The van der Waals surface area contributed by atoms with Gasteiger partial charge >= 0.3 is 0 Å². The zero-order valence-electron chi connectivity index (χ0n) is 18.4. The summed E-state index contributed by atoms with van der Waals surface area (Å²) in [5.74, 6) is 0.956. The van der Waals surface area contributed by atoms with Crippen LogP contribution in [0.5, 0.6) is 0 Å². The quantitative estimate of drug-likeness (QED) is 0.361. The maximum absolute atomic E-state index is 6.07. The third-order valence-electron chi connectivity index (χ3n) is 5.55. The number of nitrogens with two attached hydrogens (primary N) is 1. The molecule has 3 rings (SSSR count). The molecule has 0 aromatic heterocycles. The van der Waals surface area contributed by atoms with E-state index in [0.29, 0.717) is 24.5 Å². The molecule has 1 heterocycles. The highest BCUT2D eigenvalue weighted by molar-refractivity contribution is 5.92. The molecule has 0 unspecified atom stereocenters. The second kappa shape index (κ2) is 11.7. The molecule has 1 fully saturated rings. The molecule has 2 aromatic carbocycles. The zero-order chi connectivity index (χ0) is 21.2. The molecule has 2 aromatic rings. The Morgan fingerprint density at radius 1 is 1.13 bits per heavy atom. The number of hydrogen-bond donors (Lipinski definition) is 2. The Bertz CT molecular complexity index is 783. The fourth-order valence-electron chi connectivity index (χ4n) is 3.75. The van der Waals surface area contributed by atoms with Crippen molar-refractivity contribution in [3.63, 3.8) is 0 Å². The number of nitrogens with one attached hydrogen (secondary N) is 1. The number of anilines is 1. The molecular formula is C25H36N4O. The van der Waals surface area contributed by atoms with Crippen LogP contribution in [0, 0.1) is 0 Å². The second-order valence-electron chi connectivity index (χ2n) is 8.36. The van der Waals surface area contributed by atoms with Crippen molar-refractivity contribution >= 4 is 11.6 Å². The van der Waals surface area contributed by atoms with Crippen LogP contribution in [0.3, 0.4) is 0 Å². The van der Waals surface area contributed by atoms with E-state index in [9.17, 15) is 0 Å². The van der Waals surface area contributed by atoms with Crippen molar-refractivity contribution in [2.75, 3.05) is 31.6 Å². The van der Waals surface area contributed by atoms with Gasteiger partial charge in [0, 0.05) is 38.5 Å². The largest absolute Gasteiger partial charge is 0.378 e. The number of ether oxygens (including phenoxy) is 1. The zero-order valence-corrected chi connectivity index (χ0v) is 18.4. The first-order chi connectivity index (χ1) is 14.6. The van der Waals surface area contributed by atoms with Gasteiger partial charge in [0.05, 0.1) is 6.10 Å². The summed E-state index contributed by atoms with van der Waals surface area (Å²) in [5, 5.41) is 3.18. The molecule has 0 atom stereocenters. The van der Waals surface area contributed by atoms with Gasteiger partial charge < -0.3 is 15.8 Å². The molecule has 0 bridgehead atoms. The topological polar surface area (TPSA) is 62.9 Å². The molecule has 162 valence electrons. The fraction of sp³-hybridized carbons (Fsp3) is 0.480. The Labute approximate surface area is 181 Å². The van der Waals surface area contributed by atoms with E-state index in [1.54, 1.807) is 0 Å². The smallest absolute Gasteiger partial charge is 0.193 e. The van der Waals surface area contributed by atoms with E-state index in [1.165, 1.54) is 11.1 Å². The van der Waals surface area contributed by atoms with E-state index in [1.807, 2.05) is 12.1 Å². The van der Waals surface area contributed by atoms with Crippen LogP contribution in [-0.4, -0.2) is 43.2 Å². The molecule has 5 heteroatoms. The van der Waals surface area contributed by atoms with Gasteiger partial charge in [0.25, 0.3) is 0 Å². The van der Waals surface area contributed by atoms with E-state index >= 15 is 0 Å². The number of rotatable bonds is 9. The number of guanidine groups is 1. The standard InChI is InChI=1S/C25H36N4O/c1-20(2)22-10-6-11-23(18-22)28-25(26)27-14-7-17-30-24-12-15-29(16-13-24)19-21-8-4-3-5-9-21/h3-6,8-11,18,20,24H,7,12-17,19H2,1-2H3,(H3,26,27,28). The Balaban J connectivity index is 1.29. The lowest BCUT2D eigenvalue weighted by atomic mass is 10.0. The minimum atomic E-state index is 0.371. The highest BCUT2D eigenvalue weighted by atomic mass is 16.5. The molecule has 1 aliphatic rings. The van der Waals surface area contributed by atoms with E-state index in [4.69, 9.17) is 10.5 Å². The third-order valence-corrected chi connectivity index (χ3v) is 5.55. The van der Waals surface area contributed by atoms with Gasteiger partial charge in [0.2, 0.25) is 0 Å². The predicted octanol–water partition coefficient (Wildman–Crippen LogP) is 4.61. The van der Waals surface area contributed by atoms with Crippen LogP contribution < -0.4 is 11.1 Å². The molecular weight excluding hydrogens is 372 g/mol. The van der Waals surface area contributed by atoms with Gasteiger partial charge in [-0.1, -0.05) is 56.3 Å². The van der Waals surface area contributed by atoms with Crippen LogP contribution in [0.1, 0.15) is 50.2 Å². The second-order valence-corrected chi connectivity index (χ2v) is 8.36. The number of likely N-dealkylation sites (tertiary alicyclic amines) is 1. The van der Waals surface area contributed by atoms with Gasteiger partial charge in [0.15, 0.2) is 5.96 Å². The first kappa shape index (κ1) is 22.3. The van der Waals surface area contributed by atoms with Gasteiger partial charge in [0.1, 0.15) is 0 Å². The molecule has 1 aliphatic heterocycles. The fourth-order valence-corrected chi connectivity index (χ4v) is 3.75. The van der Waals surface area contributed by atoms with E-state index in [2.05, 4.69) is 71.5 Å². The number of nitrogens with zero attached hydrogens (tertiary/aromatic N) is 2. The molecule has 3 N–H and O–H groups in total. The van der Waals surface area contributed by atoms with Gasteiger partial charge in [-0.2, -0.15) is 0 Å². The average molecular weight is 409 g/mol. The number of aliphatic imine (C=N–C) groups is 1. The molecule has 0 amide bonds. The summed E-state index contributed by atoms with van der Waals surface area (Å²) in [6.07, 6.45) is 3.46. The summed E-state index contributed by atoms with van der Waals surface area (Å²) in [5.41, 5.74) is 9.69. The lowest BCUT2D eigenvalue weighted by molar-refractivity contribution is 0.00566. The number of hydrogen-bond acceptors (Lipinski definition) is 3. The first-order valence-corrected chi connectivity index (χ1v) is 11.1. The minimum absolute atomic E-state index is 0.371. The normalized spacial score (nSPS) is 16.2. The predicted molar refractivity (Wildman–Crippen MR) is 126 cm³/mol. The Morgan fingerprint density at radius 2 is 1.90 bits per heavy atom. The van der Waals surface area contributed by atoms with Crippen molar-refractivity contribution in [1.29, 1.82) is 0 Å². The lowest BCUT2D eigenvalue weighted by Gasteiger charge is -2.31. The molecule has 0 aliphatic carbocycles. The summed E-state index contributed by atoms with van der Waals surface area (Å²) in [6, 6.07) is 19.0. The van der Waals surface area contributed by atoms with Crippen molar-refractivity contribution < 1.29 is 4.74 Å². The maximum Gasteiger partial charge on any atom is 0.193 e. The highest BCUT2D eigenvalue weighted by Crippen LogP contribution is 2.18. The van der Waals surface area contributed by atoms with Crippen LogP contribution in [0.4, 0.5) is 5.69 Å².